The number of carbonyl (C=O) groups is 4. The van der Waals surface area contributed by atoms with Gasteiger partial charge in [-0.25, -0.2) is 4.79 Å². The molecule has 1 aliphatic heterocycles. The molecule has 1 heterocycles. The van der Waals surface area contributed by atoms with Crippen LogP contribution in [0.15, 0.2) is 0 Å². The molecular weight excluding hydrogens is 288 g/mol. The van der Waals surface area contributed by atoms with Crippen molar-refractivity contribution in [1.29, 1.82) is 0 Å². The average Bonchev–Trinajstić information content (AvgIpc) is 2.57. The first kappa shape index (κ1) is 18.1. The number of hydrogen-bond acceptors (Lipinski definition) is 5. The molecule has 1 saturated heterocycles. The van der Waals surface area contributed by atoms with E-state index in [0.717, 1.165) is 0 Å². The van der Waals surface area contributed by atoms with Gasteiger partial charge in [0.2, 0.25) is 11.8 Å². The van der Waals surface area contributed by atoms with E-state index in [4.69, 9.17) is 4.74 Å². The molecule has 2 N–H and O–H groups in total. The van der Waals surface area contributed by atoms with E-state index in [9.17, 15) is 19.2 Å². The highest BCUT2D eigenvalue weighted by Gasteiger charge is 2.46. The van der Waals surface area contributed by atoms with Gasteiger partial charge in [0.1, 0.15) is 11.5 Å². The second-order valence-corrected chi connectivity index (χ2v) is 6.89. The second-order valence-electron chi connectivity index (χ2n) is 6.89. The molecule has 0 spiro atoms. The molecule has 0 saturated carbocycles. The van der Waals surface area contributed by atoms with E-state index in [1.807, 2.05) is 0 Å². The summed E-state index contributed by atoms with van der Waals surface area (Å²) in [5.41, 5.74) is -0.692. The van der Waals surface area contributed by atoms with Crippen molar-refractivity contribution in [3.63, 3.8) is 0 Å². The Morgan fingerprint density at radius 2 is 1.73 bits per heavy atom. The zero-order chi connectivity index (χ0) is 17.2. The minimum absolute atomic E-state index is 0.240. The van der Waals surface area contributed by atoms with Crippen molar-refractivity contribution in [1.82, 2.24) is 10.6 Å². The van der Waals surface area contributed by atoms with Crippen LogP contribution in [0.4, 0.5) is 4.79 Å². The van der Waals surface area contributed by atoms with Gasteiger partial charge in [0, 0.05) is 0 Å². The minimum atomic E-state index is -1.07. The fourth-order valence-corrected chi connectivity index (χ4v) is 2.26. The summed E-state index contributed by atoms with van der Waals surface area (Å²) in [5.74, 6) is -3.61. The molecule has 1 fully saturated rings. The van der Waals surface area contributed by atoms with Gasteiger partial charge in [-0.1, -0.05) is 20.8 Å². The molecule has 0 aliphatic carbocycles. The molecule has 0 aromatic heterocycles. The number of ether oxygens (including phenoxy) is 1. The predicted octanol–water partition coefficient (Wildman–Crippen LogP) is 1.01. The highest BCUT2D eigenvalue weighted by atomic mass is 16.6. The van der Waals surface area contributed by atoms with Gasteiger partial charge in [-0.05, 0) is 26.7 Å². The first-order chi connectivity index (χ1) is 9.94. The number of hydrogen-bond donors (Lipinski definition) is 2. The number of amides is 3. The van der Waals surface area contributed by atoms with Crippen molar-refractivity contribution >= 4 is 23.7 Å². The van der Waals surface area contributed by atoms with Crippen molar-refractivity contribution in [3.05, 3.63) is 0 Å². The Kier molecular flexibility index (Phi) is 5.32. The third-order valence-electron chi connectivity index (χ3n) is 3.39. The van der Waals surface area contributed by atoms with Gasteiger partial charge >= 0.3 is 6.09 Å². The van der Waals surface area contributed by atoms with Crippen molar-refractivity contribution in [2.24, 2.45) is 17.8 Å². The summed E-state index contributed by atoms with van der Waals surface area (Å²) < 4.78 is 5.14. The highest BCUT2D eigenvalue weighted by Crippen LogP contribution is 2.23. The van der Waals surface area contributed by atoms with Crippen LogP contribution in [-0.2, 0) is 19.1 Å². The molecule has 7 nitrogen and oxygen atoms in total. The molecule has 124 valence electrons. The van der Waals surface area contributed by atoms with Crippen LogP contribution in [0, 0.1) is 17.8 Å². The van der Waals surface area contributed by atoms with Crippen LogP contribution in [0.25, 0.3) is 0 Å². The Bertz CT molecular complexity index is 493. The van der Waals surface area contributed by atoms with Gasteiger partial charge in [0.25, 0.3) is 0 Å². The Labute approximate surface area is 130 Å². The fraction of sp³-hybridized carbons (Fsp3) is 0.733. The third kappa shape index (κ3) is 4.29. The maximum atomic E-state index is 12.6. The maximum Gasteiger partial charge on any atom is 0.408 e. The Hall–Kier alpha value is -1.92. The maximum absolute atomic E-state index is 12.6. The van der Waals surface area contributed by atoms with E-state index in [0.29, 0.717) is 0 Å². The van der Waals surface area contributed by atoms with Crippen LogP contribution in [0.5, 0.6) is 0 Å². The summed E-state index contributed by atoms with van der Waals surface area (Å²) in [6.07, 6.45) is -0.725. The Morgan fingerprint density at radius 1 is 1.18 bits per heavy atom. The van der Waals surface area contributed by atoms with Crippen molar-refractivity contribution in [2.45, 2.75) is 53.2 Å². The van der Waals surface area contributed by atoms with E-state index in [1.54, 1.807) is 34.6 Å². The Morgan fingerprint density at radius 3 is 2.09 bits per heavy atom. The molecule has 1 aliphatic rings. The lowest BCUT2D eigenvalue weighted by molar-refractivity contribution is -0.135. The number of imide groups is 1. The molecule has 0 bridgehead atoms. The fourth-order valence-electron chi connectivity index (χ4n) is 2.26. The number of ketones is 1. The molecule has 22 heavy (non-hydrogen) atoms. The number of carbonyl (C=O) groups excluding carboxylic acids is 4. The monoisotopic (exact) mass is 312 g/mol. The van der Waals surface area contributed by atoms with Gasteiger partial charge in [0.15, 0.2) is 5.78 Å². The quantitative estimate of drug-likeness (QED) is 0.596. The van der Waals surface area contributed by atoms with Crippen LogP contribution in [-0.4, -0.2) is 35.3 Å². The second kappa shape index (κ2) is 6.46. The van der Waals surface area contributed by atoms with E-state index < -0.39 is 47.2 Å². The van der Waals surface area contributed by atoms with E-state index >= 15 is 0 Å². The van der Waals surface area contributed by atoms with Crippen molar-refractivity contribution < 1.29 is 23.9 Å². The van der Waals surface area contributed by atoms with Crippen molar-refractivity contribution in [2.75, 3.05) is 0 Å². The number of Topliss-reactive ketones (excluding diaryl/α,β-unsaturated/α-hetero) is 1. The molecule has 0 radical (unpaired) electrons. The third-order valence-corrected chi connectivity index (χ3v) is 3.39. The Balaban J connectivity index is 2.87. The summed E-state index contributed by atoms with van der Waals surface area (Å²) in [7, 11) is 0. The zero-order valence-corrected chi connectivity index (χ0v) is 13.9. The number of nitrogens with one attached hydrogen (secondary N) is 2. The lowest BCUT2D eigenvalue weighted by Gasteiger charge is -2.26. The van der Waals surface area contributed by atoms with Gasteiger partial charge in [-0.3, -0.25) is 19.7 Å². The highest BCUT2D eigenvalue weighted by molar-refractivity contribution is 6.16. The molecule has 0 unspecified atom stereocenters. The summed E-state index contributed by atoms with van der Waals surface area (Å²) >= 11 is 0. The van der Waals surface area contributed by atoms with Crippen LogP contribution < -0.4 is 10.6 Å². The first-order valence-corrected chi connectivity index (χ1v) is 7.32. The number of alkyl carbamates (subject to hydrolysis) is 1. The summed E-state index contributed by atoms with van der Waals surface area (Å²) in [6, 6.07) is -0.890. The largest absolute Gasteiger partial charge is 0.444 e. The topological polar surface area (TPSA) is 102 Å². The van der Waals surface area contributed by atoms with Gasteiger partial charge in [-0.2, -0.15) is 0 Å². The van der Waals surface area contributed by atoms with E-state index in [-0.39, 0.29) is 5.92 Å². The van der Waals surface area contributed by atoms with E-state index in [1.165, 1.54) is 6.92 Å². The molecule has 3 atom stereocenters. The average molecular weight is 312 g/mol. The van der Waals surface area contributed by atoms with E-state index in [2.05, 4.69) is 10.6 Å². The van der Waals surface area contributed by atoms with Crippen LogP contribution >= 0.6 is 0 Å². The van der Waals surface area contributed by atoms with Gasteiger partial charge in [0.05, 0.1) is 12.0 Å². The summed E-state index contributed by atoms with van der Waals surface area (Å²) in [6.45, 7) is 10.2. The van der Waals surface area contributed by atoms with Crippen molar-refractivity contribution in [3.8, 4) is 0 Å². The molecule has 3 amide bonds. The normalized spacial score (nSPS) is 23.2. The van der Waals surface area contributed by atoms with Gasteiger partial charge in [-0.15, -0.1) is 0 Å². The lowest BCUT2D eigenvalue weighted by atomic mass is 9.85. The predicted molar refractivity (Wildman–Crippen MR) is 78.8 cm³/mol. The molecule has 1 rings (SSSR count). The molecule has 0 aromatic carbocycles. The minimum Gasteiger partial charge on any atom is -0.444 e. The summed E-state index contributed by atoms with van der Waals surface area (Å²) in [4.78, 5) is 47.7. The lowest BCUT2D eigenvalue weighted by Crippen LogP contribution is -2.50. The SMILES string of the molecule is CC(C)[C@H](NC(=O)OC(C)(C)C)C(=O)[C@@H]1C(=O)NC(=O)[C@H]1C. The first-order valence-electron chi connectivity index (χ1n) is 7.32. The zero-order valence-electron chi connectivity index (χ0n) is 13.9. The molecular formula is C15H24N2O5. The molecule has 0 aromatic rings. The standard InChI is InChI=1S/C15H24N2O5/c1-7(2)10(16-14(21)22-15(4,5)6)11(18)9-8(3)12(19)17-13(9)20/h7-10H,1-6H3,(H,16,21)(H,17,19,20)/t8-,9+,10-/m0/s1. The van der Waals surface area contributed by atoms with Crippen LogP contribution in [0.2, 0.25) is 0 Å². The smallest absolute Gasteiger partial charge is 0.408 e. The van der Waals surface area contributed by atoms with Gasteiger partial charge < -0.3 is 10.1 Å². The van der Waals surface area contributed by atoms with Crippen LogP contribution in [0.1, 0.15) is 41.5 Å². The number of rotatable bonds is 4. The van der Waals surface area contributed by atoms with Crippen LogP contribution in [0.3, 0.4) is 0 Å². The molecule has 7 heteroatoms. The summed E-state index contributed by atoms with van der Waals surface area (Å²) in [5, 5.41) is 4.64.